The van der Waals surface area contributed by atoms with Gasteiger partial charge in [-0.2, -0.15) is 0 Å². The number of hydrogen-bond acceptors (Lipinski definition) is 7. The molecule has 4 aromatic rings. The second-order valence-electron chi connectivity index (χ2n) is 9.24. The maximum absolute atomic E-state index is 13.9. The Labute approximate surface area is 208 Å². The van der Waals surface area contributed by atoms with Crippen molar-refractivity contribution in [3.05, 3.63) is 70.8 Å². The van der Waals surface area contributed by atoms with Crippen LogP contribution in [0.4, 0.5) is 0 Å². The number of hydrogen-bond donors (Lipinski definition) is 1. The number of tetrazole rings is 1. The van der Waals surface area contributed by atoms with Gasteiger partial charge >= 0.3 is 5.69 Å². The van der Waals surface area contributed by atoms with Crippen LogP contribution < -0.4 is 5.69 Å². The van der Waals surface area contributed by atoms with Crippen molar-refractivity contribution in [2.75, 3.05) is 0 Å². The number of aliphatic imine (C=N–C) groups is 1. The summed E-state index contributed by atoms with van der Waals surface area (Å²) >= 11 is 0. The molecule has 4 heterocycles. The van der Waals surface area contributed by atoms with Crippen LogP contribution in [0.2, 0.25) is 0 Å². The van der Waals surface area contributed by atoms with Gasteiger partial charge in [0, 0.05) is 47.9 Å². The van der Waals surface area contributed by atoms with E-state index in [-0.39, 0.29) is 11.7 Å². The van der Waals surface area contributed by atoms with Gasteiger partial charge in [-0.1, -0.05) is 44.5 Å². The molecule has 3 aromatic heterocycles. The van der Waals surface area contributed by atoms with Crippen LogP contribution >= 0.6 is 0 Å². The first kappa shape index (κ1) is 23.6. The lowest BCUT2D eigenvalue weighted by Gasteiger charge is -2.32. The maximum Gasteiger partial charge on any atom is 0.335 e. The molecule has 11 nitrogen and oxygen atoms in total. The summed E-state index contributed by atoms with van der Waals surface area (Å²) in [6, 6.07) is 8.29. The number of H-pyrrole nitrogens is 1. The Balaban J connectivity index is 1.60. The SMILES string of the molecule is CCCc1cn(-c2nncn2C(C)CC)c(=O)n1CC1(c2cccc(-c3nnn[nH]3)c2)C=CN=CC1. The van der Waals surface area contributed by atoms with Gasteiger partial charge in [-0.25, -0.2) is 14.5 Å². The Morgan fingerprint density at radius 1 is 1.22 bits per heavy atom. The fourth-order valence-electron chi connectivity index (χ4n) is 4.70. The fraction of sp³-hybridized carbons (Fsp3) is 0.400. The van der Waals surface area contributed by atoms with Crippen LogP contribution in [0.15, 0.2) is 58.9 Å². The van der Waals surface area contributed by atoms with Crippen LogP contribution in [0.1, 0.15) is 57.3 Å². The van der Waals surface area contributed by atoms with Gasteiger partial charge in [0.15, 0.2) is 5.82 Å². The molecule has 5 rings (SSSR count). The molecule has 36 heavy (non-hydrogen) atoms. The van der Waals surface area contributed by atoms with E-state index in [1.807, 2.05) is 39.9 Å². The third kappa shape index (κ3) is 4.21. The van der Waals surface area contributed by atoms with Gasteiger partial charge in [0.05, 0.1) is 0 Å². The van der Waals surface area contributed by atoms with Gasteiger partial charge in [0.2, 0.25) is 5.95 Å². The zero-order valence-electron chi connectivity index (χ0n) is 20.7. The molecule has 11 heteroatoms. The van der Waals surface area contributed by atoms with Crippen molar-refractivity contribution in [2.45, 2.75) is 64.5 Å². The highest BCUT2D eigenvalue weighted by Crippen LogP contribution is 2.35. The van der Waals surface area contributed by atoms with E-state index in [0.29, 0.717) is 24.7 Å². The molecule has 1 aromatic carbocycles. The third-order valence-corrected chi connectivity index (χ3v) is 6.94. The number of rotatable bonds is 9. The quantitative estimate of drug-likeness (QED) is 0.387. The van der Waals surface area contributed by atoms with Crippen LogP contribution in [-0.4, -0.2) is 50.7 Å². The molecule has 0 spiro atoms. The number of allylic oxidation sites excluding steroid dienone is 1. The van der Waals surface area contributed by atoms with Crippen LogP contribution in [0.25, 0.3) is 17.3 Å². The molecule has 0 amide bonds. The summed E-state index contributed by atoms with van der Waals surface area (Å²) in [5.41, 5.74) is 2.32. The van der Waals surface area contributed by atoms with E-state index in [4.69, 9.17) is 0 Å². The predicted octanol–water partition coefficient (Wildman–Crippen LogP) is 3.26. The fourth-order valence-corrected chi connectivity index (χ4v) is 4.70. The van der Waals surface area contributed by atoms with E-state index >= 15 is 0 Å². The number of aryl methyl sites for hydroxylation is 1. The highest BCUT2D eigenvalue weighted by Gasteiger charge is 2.33. The third-order valence-electron chi connectivity index (χ3n) is 6.94. The van der Waals surface area contributed by atoms with E-state index < -0.39 is 5.41 Å². The Kier molecular flexibility index (Phi) is 6.45. The highest BCUT2D eigenvalue weighted by molar-refractivity contribution is 5.65. The van der Waals surface area contributed by atoms with Gasteiger partial charge in [-0.15, -0.1) is 15.3 Å². The molecule has 2 atom stereocenters. The summed E-state index contributed by atoms with van der Waals surface area (Å²) < 4.78 is 5.47. The van der Waals surface area contributed by atoms with E-state index in [9.17, 15) is 4.79 Å². The first-order valence-electron chi connectivity index (χ1n) is 12.3. The molecule has 0 aliphatic carbocycles. The van der Waals surface area contributed by atoms with Gasteiger partial charge in [0.1, 0.15) is 6.33 Å². The Morgan fingerprint density at radius 2 is 2.11 bits per heavy atom. The number of benzene rings is 1. The minimum absolute atomic E-state index is 0.123. The lowest BCUT2D eigenvalue weighted by Crippen LogP contribution is -2.37. The molecule has 1 aliphatic heterocycles. The number of imidazole rings is 1. The van der Waals surface area contributed by atoms with E-state index in [1.54, 1.807) is 10.9 Å². The highest BCUT2D eigenvalue weighted by atomic mass is 16.2. The average molecular weight is 487 g/mol. The summed E-state index contributed by atoms with van der Waals surface area (Å²) in [5, 5.41) is 22.7. The monoisotopic (exact) mass is 486 g/mol. The molecule has 0 fully saturated rings. The van der Waals surface area contributed by atoms with E-state index in [2.05, 4.69) is 74.8 Å². The van der Waals surface area contributed by atoms with Crippen molar-refractivity contribution in [1.82, 2.24) is 44.5 Å². The first-order valence-corrected chi connectivity index (χ1v) is 12.3. The molecular weight excluding hydrogens is 456 g/mol. The number of aromatic nitrogens is 9. The Hall–Kier alpha value is -4.15. The van der Waals surface area contributed by atoms with Gasteiger partial charge in [0.25, 0.3) is 0 Å². The predicted molar refractivity (Wildman–Crippen MR) is 136 cm³/mol. The smallest absolute Gasteiger partial charge is 0.296 e. The summed E-state index contributed by atoms with van der Waals surface area (Å²) in [4.78, 5) is 18.2. The van der Waals surface area contributed by atoms with Gasteiger partial charge in [-0.05, 0) is 48.2 Å². The molecule has 0 saturated heterocycles. The van der Waals surface area contributed by atoms with Crippen LogP contribution in [0, 0.1) is 0 Å². The zero-order valence-corrected chi connectivity index (χ0v) is 20.7. The Morgan fingerprint density at radius 3 is 2.83 bits per heavy atom. The maximum atomic E-state index is 13.9. The molecule has 186 valence electrons. The normalized spacial score (nSPS) is 18.1. The summed E-state index contributed by atoms with van der Waals surface area (Å²) in [6.45, 7) is 6.78. The molecular formula is C25H30N10O. The first-order chi connectivity index (χ1) is 17.6. The molecule has 1 aliphatic rings. The van der Waals surface area contributed by atoms with Crippen LogP contribution in [0.5, 0.6) is 0 Å². The van der Waals surface area contributed by atoms with Crippen LogP contribution in [0.3, 0.4) is 0 Å². The molecule has 0 radical (unpaired) electrons. The zero-order chi connectivity index (χ0) is 25.1. The summed E-state index contributed by atoms with van der Waals surface area (Å²) in [6.07, 6.45) is 12.7. The lowest BCUT2D eigenvalue weighted by atomic mass is 9.76. The van der Waals surface area contributed by atoms with Crippen LogP contribution in [-0.2, 0) is 18.4 Å². The lowest BCUT2D eigenvalue weighted by molar-refractivity contribution is 0.438. The second-order valence-corrected chi connectivity index (χ2v) is 9.24. The average Bonchev–Trinajstić information content (AvgIpc) is 3.67. The second kappa shape index (κ2) is 9.84. The van der Waals surface area contributed by atoms with Gasteiger partial charge in [-0.3, -0.25) is 14.1 Å². The van der Waals surface area contributed by atoms with Crippen molar-refractivity contribution in [1.29, 1.82) is 0 Å². The standard InChI is InChI=1S/C25H30N10O/c1-4-7-21-15-33(23-30-27-17-35(23)18(3)5-2)24(36)34(21)16-25(10-12-26-13-11-25)20-9-6-8-19(14-20)22-28-31-32-29-22/h6,8-10,12-15,17-18H,4-5,7,11,16H2,1-3H3,(H,28,29,31,32). The van der Waals surface area contributed by atoms with E-state index in [1.165, 1.54) is 0 Å². The van der Waals surface area contributed by atoms with Crippen molar-refractivity contribution in [3.8, 4) is 17.3 Å². The number of nitrogens with one attached hydrogen (secondary N) is 1. The van der Waals surface area contributed by atoms with Gasteiger partial charge < -0.3 is 0 Å². The van der Waals surface area contributed by atoms with Crippen molar-refractivity contribution in [3.63, 3.8) is 0 Å². The molecule has 2 unspecified atom stereocenters. The summed E-state index contributed by atoms with van der Waals surface area (Å²) in [5.74, 6) is 1.14. The molecule has 0 saturated carbocycles. The minimum Gasteiger partial charge on any atom is -0.296 e. The molecule has 0 bridgehead atoms. The van der Waals surface area contributed by atoms with Crippen molar-refractivity contribution < 1.29 is 0 Å². The van der Waals surface area contributed by atoms with Crippen molar-refractivity contribution in [2.24, 2.45) is 4.99 Å². The Bertz CT molecular complexity index is 1440. The minimum atomic E-state index is -0.464. The van der Waals surface area contributed by atoms with E-state index in [0.717, 1.165) is 36.1 Å². The number of nitrogens with zero attached hydrogens (tertiary/aromatic N) is 9. The number of aromatic amines is 1. The van der Waals surface area contributed by atoms with Crippen molar-refractivity contribution >= 4 is 6.21 Å². The largest absolute Gasteiger partial charge is 0.335 e. The topological polar surface area (TPSA) is 124 Å². The molecule has 1 N–H and O–H groups in total. The summed E-state index contributed by atoms with van der Waals surface area (Å²) in [7, 11) is 0.